The van der Waals surface area contributed by atoms with E-state index in [0.717, 1.165) is 0 Å². The molecule has 0 amide bonds. The molecule has 0 fully saturated rings. The van der Waals surface area contributed by atoms with Crippen molar-refractivity contribution in [1.29, 1.82) is 0 Å². The van der Waals surface area contributed by atoms with E-state index in [1.807, 2.05) is 0 Å². The van der Waals surface area contributed by atoms with Crippen LogP contribution in [-0.4, -0.2) is 30.4 Å². The fourth-order valence-electron chi connectivity index (χ4n) is 0.307. The predicted molar refractivity (Wildman–Crippen MR) is 36.7 cm³/mol. The smallest absolute Gasteiger partial charge is 0.355 e. The third-order valence-corrected chi connectivity index (χ3v) is 0.792. The molecule has 0 rings (SSSR count). The van der Waals surface area contributed by atoms with Gasteiger partial charge in [0.15, 0.2) is 5.71 Å². The largest absolute Gasteiger partial charge is 0.477 e. The van der Waals surface area contributed by atoms with Gasteiger partial charge in [0, 0.05) is 12.4 Å². The van der Waals surface area contributed by atoms with Gasteiger partial charge in [-0.05, 0) is 0 Å². The first-order chi connectivity index (χ1) is 4.72. The molecule has 0 bridgehead atoms. The van der Waals surface area contributed by atoms with Crippen molar-refractivity contribution in [2.75, 3.05) is 13.7 Å². The van der Waals surface area contributed by atoms with Crippen molar-refractivity contribution >= 4 is 24.1 Å². The Kier molecular flexibility index (Phi) is 4.30. The zero-order valence-corrected chi connectivity index (χ0v) is 6.09. The summed E-state index contributed by atoms with van der Waals surface area (Å²) in [4.78, 5) is 14.4. The number of hydrogen-bond acceptors (Lipinski definition) is 5. The molecule has 5 nitrogen and oxygen atoms in total. The minimum absolute atomic E-state index is 0.113. The molecule has 0 spiro atoms. The number of carboxylic acids is 1. The van der Waals surface area contributed by atoms with Crippen LogP contribution in [0.1, 0.15) is 0 Å². The summed E-state index contributed by atoms with van der Waals surface area (Å²) >= 11 is 4.19. The summed E-state index contributed by atoms with van der Waals surface area (Å²) in [6, 6.07) is 0. The lowest BCUT2D eigenvalue weighted by atomic mass is 10.4. The summed E-state index contributed by atoms with van der Waals surface area (Å²) in [5, 5.41) is 11.5. The molecular formula is C4H6N2O3S. The second kappa shape index (κ2) is 4.80. The van der Waals surface area contributed by atoms with Crippen LogP contribution in [-0.2, 0) is 22.1 Å². The Morgan fingerprint density at radius 1 is 1.80 bits per heavy atom. The van der Waals surface area contributed by atoms with Gasteiger partial charge in [0.1, 0.15) is 13.7 Å². The van der Waals surface area contributed by atoms with Gasteiger partial charge in [-0.3, -0.25) is 0 Å². The topological polar surface area (TPSA) is 71.2 Å². The molecule has 0 aromatic carbocycles. The van der Waals surface area contributed by atoms with Gasteiger partial charge in [0.2, 0.25) is 0 Å². The van der Waals surface area contributed by atoms with Gasteiger partial charge in [-0.25, -0.2) is 9.16 Å². The van der Waals surface area contributed by atoms with Gasteiger partial charge in [-0.15, -0.1) is 0 Å². The molecule has 1 N–H and O–H groups in total. The number of nitrogens with zero attached hydrogens (tertiary/aromatic N) is 2. The Morgan fingerprint density at radius 2 is 2.40 bits per heavy atom. The van der Waals surface area contributed by atoms with Crippen molar-refractivity contribution in [3.8, 4) is 0 Å². The monoisotopic (exact) mass is 162 g/mol. The lowest BCUT2D eigenvalue weighted by molar-refractivity contribution is -0.129. The molecule has 0 radical (unpaired) electrons. The highest BCUT2D eigenvalue weighted by molar-refractivity contribution is 7.47. The number of oxime groups is 1. The van der Waals surface area contributed by atoms with E-state index in [0.29, 0.717) is 0 Å². The SMILES string of the molecule is CON=C(CN=S)C(=O)O. The molecule has 10 heavy (non-hydrogen) atoms. The number of carboxylic acid groups (broad SMARTS) is 1. The Bertz CT molecular complexity index is 168. The van der Waals surface area contributed by atoms with Crippen LogP contribution in [0.3, 0.4) is 0 Å². The molecule has 0 aliphatic rings. The van der Waals surface area contributed by atoms with Crippen LogP contribution in [0.15, 0.2) is 9.52 Å². The molecule has 0 saturated carbocycles. The summed E-state index contributed by atoms with van der Waals surface area (Å²) in [5.41, 5.74) is -0.197. The molecule has 0 saturated heterocycles. The van der Waals surface area contributed by atoms with Crippen LogP contribution < -0.4 is 0 Å². The zero-order chi connectivity index (χ0) is 7.98. The van der Waals surface area contributed by atoms with Crippen LogP contribution in [0.5, 0.6) is 0 Å². The Morgan fingerprint density at radius 3 is 2.70 bits per heavy atom. The first kappa shape index (κ1) is 8.96. The van der Waals surface area contributed by atoms with Crippen molar-refractivity contribution in [3.63, 3.8) is 0 Å². The Hall–Kier alpha value is -1.04. The normalized spacial score (nSPS) is 10.7. The molecule has 56 valence electrons. The van der Waals surface area contributed by atoms with Crippen LogP contribution in [0.2, 0.25) is 0 Å². The lowest BCUT2D eigenvalue weighted by Gasteiger charge is -1.92. The highest BCUT2D eigenvalue weighted by Crippen LogP contribution is 1.81. The van der Waals surface area contributed by atoms with Crippen molar-refractivity contribution in [3.05, 3.63) is 0 Å². The average Bonchev–Trinajstić information content (AvgIpc) is 1.87. The highest BCUT2D eigenvalue weighted by atomic mass is 32.1. The van der Waals surface area contributed by atoms with Crippen LogP contribution in [0, 0.1) is 0 Å². The van der Waals surface area contributed by atoms with Crippen LogP contribution in [0.4, 0.5) is 0 Å². The second-order valence-corrected chi connectivity index (χ2v) is 1.57. The molecule has 6 heteroatoms. The van der Waals surface area contributed by atoms with Crippen molar-refractivity contribution in [2.45, 2.75) is 0 Å². The summed E-state index contributed by atoms with van der Waals surface area (Å²) < 4.78 is 3.17. The summed E-state index contributed by atoms with van der Waals surface area (Å²) in [6.45, 7) is -0.113. The van der Waals surface area contributed by atoms with E-state index in [4.69, 9.17) is 5.11 Å². The second-order valence-electron chi connectivity index (χ2n) is 1.31. The lowest BCUT2D eigenvalue weighted by Crippen LogP contribution is -2.16. The van der Waals surface area contributed by atoms with Crippen LogP contribution in [0.25, 0.3) is 0 Å². The molecule has 0 aromatic heterocycles. The minimum Gasteiger partial charge on any atom is -0.477 e. The number of hydrogen-bond donors (Lipinski definition) is 1. The van der Waals surface area contributed by atoms with E-state index in [1.165, 1.54) is 7.11 Å². The van der Waals surface area contributed by atoms with Gasteiger partial charge in [-0.2, -0.15) is 0 Å². The molecule has 0 unspecified atom stereocenters. The fraction of sp³-hybridized carbons (Fsp3) is 0.500. The van der Waals surface area contributed by atoms with E-state index < -0.39 is 5.97 Å². The maximum atomic E-state index is 10.2. The van der Waals surface area contributed by atoms with Gasteiger partial charge in [0.05, 0.1) is 0 Å². The first-order valence-electron chi connectivity index (χ1n) is 2.34. The van der Waals surface area contributed by atoms with Crippen molar-refractivity contribution in [1.82, 2.24) is 0 Å². The standard InChI is InChI=1S/C4H6N2O3S/c1-9-6-3(2-5-10)4(7)8/h2H2,1H3,(H,7,8). The molecule has 0 aliphatic carbocycles. The van der Waals surface area contributed by atoms with E-state index >= 15 is 0 Å². The third kappa shape index (κ3) is 3.08. The molecular weight excluding hydrogens is 156 g/mol. The minimum atomic E-state index is -1.17. The Labute approximate surface area is 62.8 Å². The van der Waals surface area contributed by atoms with E-state index in [1.54, 1.807) is 0 Å². The van der Waals surface area contributed by atoms with E-state index in [2.05, 4.69) is 26.8 Å². The van der Waals surface area contributed by atoms with Gasteiger partial charge >= 0.3 is 5.97 Å². The Balaban J connectivity index is 4.10. The fourth-order valence-corrected chi connectivity index (χ4v) is 0.429. The highest BCUT2D eigenvalue weighted by Gasteiger charge is 2.08. The van der Waals surface area contributed by atoms with Gasteiger partial charge < -0.3 is 9.94 Å². The summed E-state index contributed by atoms with van der Waals surface area (Å²) in [6.07, 6.45) is 0. The first-order valence-corrected chi connectivity index (χ1v) is 2.71. The number of rotatable bonds is 4. The van der Waals surface area contributed by atoms with Crippen LogP contribution >= 0.6 is 0 Å². The number of aliphatic carboxylic acids is 1. The van der Waals surface area contributed by atoms with Gasteiger partial charge in [-0.1, -0.05) is 5.16 Å². The maximum Gasteiger partial charge on any atom is 0.355 e. The van der Waals surface area contributed by atoms with Crippen molar-refractivity contribution < 1.29 is 14.7 Å². The third-order valence-electron chi connectivity index (χ3n) is 0.663. The predicted octanol–water partition coefficient (Wildman–Crippen LogP) is -0.196. The maximum absolute atomic E-state index is 10.2. The van der Waals surface area contributed by atoms with Gasteiger partial charge in [0.25, 0.3) is 0 Å². The molecule has 0 aromatic rings. The van der Waals surface area contributed by atoms with Crippen molar-refractivity contribution in [2.24, 2.45) is 9.52 Å². The molecule has 0 heterocycles. The quantitative estimate of drug-likeness (QED) is 0.459. The molecule has 0 atom stereocenters. The van der Waals surface area contributed by atoms with E-state index in [9.17, 15) is 4.79 Å². The summed E-state index contributed by atoms with van der Waals surface area (Å²) in [5.74, 6) is -1.17. The van der Waals surface area contributed by atoms with E-state index in [-0.39, 0.29) is 12.3 Å². The average molecular weight is 162 g/mol. The zero-order valence-electron chi connectivity index (χ0n) is 5.27. The molecule has 0 aliphatic heterocycles. The summed E-state index contributed by atoms with van der Waals surface area (Å²) in [7, 11) is 1.26. The number of carbonyl (C=O) groups is 1.